The number of rotatable bonds is 2. The van der Waals surface area contributed by atoms with E-state index in [1.54, 1.807) is 0 Å². The van der Waals surface area contributed by atoms with Gasteiger partial charge in [-0.05, 0) is 26.9 Å². The highest BCUT2D eigenvalue weighted by Crippen LogP contribution is 2.18. The molecule has 6 nitrogen and oxygen atoms in total. The minimum atomic E-state index is -1.82. The van der Waals surface area contributed by atoms with Crippen LogP contribution < -0.4 is 10.6 Å². The SMILES string of the molecule is CNC1CCC1NC.O=C(O)C(=O)O. The fraction of sp³-hybridized carbons (Fsp3) is 0.750. The summed E-state index contributed by atoms with van der Waals surface area (Å²) in [5.41, 5.74) is 0. The molecule has 82 valence electrons. The first kappa shape index (κ1) is 12.9. The Bertz CT molecular complexity index is 182. The molecule has 0 spiro atoms. The van der Waals surface area contributed by atoms with Gasteiger partial charge in [-0.2, -0.15) is 0 Å². The Morgan fingerprint density at radius 1 is 1.00 bits per heavy atom. The number of hydrogen-bond acceptors (Lipinski definition) is 4. The van der Waals surface area contributed by atoms with Crippen LogP contribution in [0.25, 0.3) is 0 Å². The number of carboxylic acids is 2. The van der Waals surface area contributed by atoms with Gasteiger partial charge in [0.15, 0.2) is 0 Å². The van der Waals surface area contributed by atoms with Gasteiger partial charge < -0.3 is 20.8 Å². The summed E-state index contributed by atoms with van der Waals surface area (Å²) < 4.78 is 0. The number of carbonyl (C=O) groups is 2. The molecule has 1 aliphatic rings. The molecule has 1 saturated carbocycles. The molecule has 2 atom stereocenters. The maximum atomic E-state index is 9.10. The van der Waals surface area contributed by atoms with E-state index in [4.69, 9.17) is 19.8 Å². The van der Waals surface area contributed by atoms with Gasteiger partial charge in [0.05, 0.1) is 0 Å². The fourth-order valence-electron chi connectivity index (χ4n) is 1.19. The molecule has 0 aromatic carbocycles. The smallest absolute Gasteiger partial charge is 0.414 e. The van der Waals surface area contributed by atoms with E-state index in [1.165, 1.54) is 12.8 Å². The Hall–Kier alpha value is -1.14. The third kappa shape index (κ3) is 4.20. The molecule has 2 unspecified atom stereocenters. The van der Waals surface area contributed by atoms with E-state index in [-0.39, 0.29) is 0 Å². The average Bonchev–Trinajstić information content (AvgIpc) is 2.05. The maximum absolute atomic E-state index is 9.10. The average molecular weight is 204 g/mol. The van der Waals surface area contributed by atoms with Gasteiger partial charge in [0.2, 0.25) is 0 Å². The zero-order chi connectivity index (χ0) is 11.1. The van der Waals surface area contributed by atoms with E-state index in [1.807, 2.05) is 14.1 Å². The summed E-state index contributed by atoms with van der Waals surface area (Å²) in [6, 6.07) is 1.47. The van der Waals surface area contributed by atoms with Crippen molar-refractivity contribution < 1.29 is 19.8 Å². The van der Waals surface area contributed by atoms with Crippen molar-refractivity contribution in [3.63, 3.8) is 0 Å². The van der Waals surface area contributed by atoms with Crippen molar-refractivity contribution in [1.82, 2.24) is 10.6 Å². The highest BCUT2D eigenvalue weighted by Gasteiger charge is 2.26. The van der Waals surface area contributed by atoms with Crippen molar-refractivity contribution in [1.29, 1.82) is 0 Å². The summed E-state index contributed by atoms with van der Waals surface area (Å²) in [6.45, 7) is 0. The van der Waals surface area contributed by atoms with Crippen LogP contribution in [0, 0.1) is 0 Å². The molecule has 1 fully saturated rings. The van der Waals surface area contributed by atoms with Crippen LogP contribution in [0.5, 0.6) is 0 Å². The van der Waals surface area contributed by atoms with Crippen molar-refractivity contribution in [2.75, 3.05) is 14.1 Å². The van der Waals surface area contributed by atoms with Crippen LogP contribution in [0.1, 0.15) is 12.8 Å². The molecule has 0 heterocycles. The molecule has 1 rings (SSSR count). The predicted octanol–water partition coefficient (Wildman–Crippen LogP) is -0.888. The Morgan fingerprint density at radius 3 is 1.36 bits per heavy atom. The third-order valence-electron chi connectivity index (χ3n) is 2.20. The molecule has 0 amide bonds. The molecule has 0 aliphatic heterocycles. The van der Waals surface area contributed by atoms with E-state index in [2.05, 4.69) is 10.6 Å². The molecule has 14 heavy (non-hydrogen) atoms. The second-order valence-corrected chi connectivity index (χ2v) is 2.98. The van der Waals surface area contributed by atoms with Gasteiger partial charge in [0.25, 0.3) is 0 Å². The van der Waals surface area contributed by atoms with Crippen molar-refractivity contribution in [2.45, 2.75) is 24.9 Å². The Labute approximate surface area is 82.3 Å². The molecular weight excluding hydrogens is 188 g/mol. The standard InChI is InChI=1S/C6H14N2.C2H2O4/c1-7-5-3-4-6(5)8-2;3-1(4)2(5)6/h5-8H,3-4H2,1-2H3;(H,3,4)(H,5,6). The van der Waals surface area contributed by atoms with Gasteiger partial charge in [0, 0.05) is 12.1 Å². The van der Waals surface area contributed by atoms with E-state index >= 15 is 0 Å². The van der Waals surface area contributed by atoms with Gasteiger partial charge in [0.1, 0.15) is 0 Å². The van der Waals surface area contributed by atoms with Gasteiger partial charge >= 0.3 is 11.9 Å². The van der Waals surface area contributed by atoms with E-state index in [0.29, 0.717) is 0 Å². The second kappa shape index (κ2) is 6.33. The van der Waals surface area contributed by atoms with Crippen LogP contribution >= 0.6 is 0 Å². The normalized spacial score (nSPS) is 24.1. The number of aliphatic carboxylic acids is 2. The lowest BCUT2D eigenvalue weighted by Crippen LogP contribution is -2.52. The first-order valence-electron chi connectivity index (χ1n) is 4.33. The Balaban J connectivity index is 0.000000255. The van der Waals surface area contributed by atoms with Crippen LogP contribution in [-0.2, 0) is 9.59 Å². The van der Waals surface area contributed by atoms with E-state index < -0.39 is 11.9 Å². The van der Waals surface area contributed by atoms with Crippen LogP contribution in [0.15, 0.2) is 0 Å². The minimum Gasteiger partial charge on any atom is -0.473 e. The Kier molecular flexibility index (Phi) is 5.82. The lowest BCUT2D eigenvalue weighted by molar-refractivity contribution is -0.159. The van der Waals surface area contributed by atoms with Gasteiger partial charge in [-0.3, -0.25) is 0 Å². The molecule has 6 heteroatoms. The lowest BCUT2D eigenvalue weighted by atomic mass is 9.87. The van der Waals surface area contributed by atoms with Gasteiger partial charge in [-0.25, -0.2) is 9.59 Å². The molecular formula is C8H16N2O4. The summed E-state index contributed by atoms with van der Waals surface area (Å²) in [6.07, 6.45) is 2.67. The van der Waals surface area contributed by atoms with E-state index in [9.17, 15) is 0 Å². The summed E-state index contributed by atoms with van der Waals surface area (Å²) in [5, 5.41) is 21.3. The highest BCUT2D eigenvalue weighted by molar-refractivity contribution is 6.27. The molecule has 0 aromatic rings. The largest absolute Gasteiger partial charge is 0.473 e. The predicted molar refractivity (Wildman–Crippen MR) is 50.2 cm³/mol. The monoisotopic (exact) mass is 204 g/mol. The zero-order valence-electron chi connectivity index (χ0n) is 8.28. The molecule has 1 aliphatic carbocycles. The van der Waals surface area contributed by atoms with Crippen molar-refractivity contribution in [2.24, 2.45) is 0 Å². The van der Waals surface area contributed by atoms with Crippen molar-refractivity contribution in [3.05, 3.63) is 0 Å². The summed E-state index contributed by atoms with van der Waals surface area (Å²) in [7, 11) is 4.04. The quantitative estimate of drug-likeness (QED) is 0.436. The first-order valence-corrected chi connectivity index (χ1v) is 4.33. The summed E-state index contributed by atoms with van der Waals surface area (Å²) in [4.78, 5) is 18.2. The van der Waals surface area contributed by atoms with E-state index in [0.717, 1.165) is 12.1 Å². The third-order valence-corrected chi connectivity index (χ3v) is 2.20. The van der Waals surface area contributed by atoms with Crippen LogP contribution in [0.2, 0.25) is 0 Å². The number of hydrogen-bond donors (Lipinski definition) is 4. The number of likely N-dealkylation sites (N-methyl/N-ethyl adjacent to an activating group) is 2. The molecule has 0 radical (unpaired) electrons. The number of carboxylic acid groups (broad SMARTS) is 2. The molecule has 0 bridgehead atoms. The van der Waals surface area contributed by atoms with Crippen molar-refractivity contribution in [3.8, 4) is 0 Å². The van der Waals surface area contributed by atoms with Gasteiger partial charge in [-0.1, -0.05) is 0 Å². The van der Waals surface area contributed by atoms with Gasteiger partial charge in [-0.15, -0.1) is 0 Å². The molecule has 0 saturated heterocycles. The number of nitrogens with one attached hydrogen (secondary N) is 2. The Morgan fingerprint density at radius 2 is 1.29 bits per heavy atom. The van der Waals surface area contributed by atoms with Crippen LogP contribution in [-0.4, -0.2) is 48.3 Å². The summed E-state index contributed by atoms with van der Waals surface area (Å²) in [5.74, 6) is -3.65. The second-order valence-electron chi connectivity index (χ2n) is 2.98. The topological polar surface area (TPSA) is 98.7 Å². The lowest BCUT2D eigenvalue weighted by Gasteiger charge is -2.35. The molecule has 4 N–H and O–H groups in total. The van der Waals surface area contributed by atoms with Crippen molar-refractivity contribution >= 4 is 11.9 Å². The summed E-state index contributed by atoms with van der Waals surface area (Å²) >= 11 is 0. The van der Waals surface area contributed by atoms with Crippen LogP contribution in [0.4, 0.5) is 0 Å². The zero-order valence-corrected chi connectivity index (χ0v) is 8.28. The molecule has 0 aromatic heterocycles. The van der Waals surface area contributed by atoms with Crippen LogP contribution in [0.3, 0.4) is 0 Å². The fourth-order valence-corrected chi connectivity index (χ4v) is 1.19. The highest BCUT2D eigenvalue weighted by atomic mass is 16.4. The minimum absolute atomic E-state index is 0.736. The maximum Gasteiger partial charge on any atom is 0.414 e. The first-order chi connectivity index (χ1) is 6.52.